The summed E-state index contributed by atoms with van der Waals surface area (Å²) in [6.45, 7) is 5.90. The predicted molar refractivity (Wildman–Crippen MR) is 56.1 cm³/mol. The summed E-state index contributed by atoms with van der Waals surface area (Å²) in [5, 5.41) is 6.16. The van der Waals surface area contributed by atoms with Gasteiger partial charge >= 0.3 is 0 Å². The molecule has 2 N–H and O–H groups in total. The lowest BCUT2D eigenvalue weighted by atomic mass is 9.98. The van der Waals surface area contributed by atoms with E-state index in [9.17, 15) is 4.79 Å². The third kappa shape index (κ3) is 4.48. The van der Waals surface area contributed by atoms with Crippen molar-refractivity contribution in [2.75, 3.05) is 13.1 Å². The normalized spacial score (nSPS) is 22.2. The van der Waals surface area contributed by atoms with Crippen molar-refractivity contribution in [1.29, 1.82) is 0 Å². The molecule has 0 aliphatic carbocycles. The third-order valence-electron chi connectivity index (χ3n) is 2.10. The standard InChI is InChI=1S/C9H18N2O.ClH/c1-7(2)11-9(12)8-4-3-5-10-6-8;/h7-8,10H,3-6H2,1-2H3,(H,11,12);1H. The van der Waals surface area contributed by atoms with Gasteiger partial charge in [-0.1, -0.05) is 0 Å². The van der Waals surface area contributed by atoms with Gasteiger partial charge in [-0.3, -0.25) is 4.79 Å². The van der Waals surface area contributed by atoms with Gasteiger partial charge < -0.3 is 10.6 Å². The van der Waals surface area contributed by atoms with E-state index < -0.39 is 0 Å². The van der Waals surface area contributed by atoms with Crippen LogP contribution >= 0.6 is 12.4 Å². The second kappa shape index (κ2) is 6.22. The van der Waals surface area contributed by atoms with Crippen molar-refractivity contribution in [3.63, 3.8) is 0 Å². The van der Waals surface area contributed by atoms with Crippen molar-refractivity contribution in [3.05, 3.63) is 0 Å². The van der Waals surface area contributed by atoms with Crippen molar-refractivity contribution in [1.82, 2.24) is 10.6 Å². The summed E-state index contributed by atoms with van der Waals surface area (Å²) in [7, 11) is 0. The highest BCUT2D eigenvalue weighted by Gasteiger charge is 2.20. The van der Waals surface area contributed by atoms with Crippen LogP contribution in [-0.2, 0) is 4.79 Å². The zero-order valence-corrected chi connectivity index (χ0v) is 9.12. The summed E-state index contributed by atoms with van der Waals surface area (Å²) < 4.78 is 0. The van der Waals surface area contributed by atoms with Gasteiger partial charge in [0, 0.05) is 12.6 Å². The monoisotopic (exact) mass is 206 g/mol. The number of piperidine rings is 1. The second-order valence-electron chi connectivity index (χ2n) is 3.71. The number of rotatable bonds is 2. The minimum atomic E-state index is 0. The summed E-state index contributed by atoms with van der Waals surface area (Å²) >= 11 is 0. The fourth-order valence-corrected chi connectivity index (χ4v) is 1.48. The van der Waals surface area contributed by atoms with E-state index in [2.05, 4.69) is 10.6 Å². The highest BCUT2D eigenvalue weighted by Crippen LogP contribution is 2.09. The van der Waals surface area contributed by atoms with Gasteiger partial charge in [0.05, 0.1) is 5.92 Å². The molecule has 78 valence electrons. The van der Waals surface area contributed by atoms with E-state index in [0.29, 0.717) is 0 Å². The zero-order valence-electron chi connectivity index (χ0n) is 8.30. The number of hydrogen-bond donors (Lipinski definition) is 2. The Labute approximate surface area is 86.1 Å². The second-order valence-corrected chi connectivity index (χ2v) is 3.71. The minimum absolute atomic E-state index is 0. The van der Waals surface area contributed by atoms with Crippen LogP contribution in [0.25, 0.3) is 0 Å². The van der Waals surface area contributed by atoms with Crippen molar-refractivity contribution in [3.8, 4) is 0 Å². The van der Waals surface area contributed by atoms with Gasteiger partial charge in [0.25, 0.3) is 0 Å². The molecule has 1 aliphatic rings. The van der Waals surface area contributed by atoms with Crippen LogP contribution in [0.1, 0.15) is 26.7 Å². The first-order valence-corrected chi connectivity index (χ1v) is 4.71. The van der Waals surface area contributed by atoms with Crippen LogP contribution in [-0.4, -0.2) is 25.0 Å². The molecule has 1 aliphatic heterocycles. The molecule has 1 rings (SSSR count). The van der Waals surface area contributed by atoms with Gasteiger partial charge in [-0.15, -0.1) is 12.4 Å². The molecule has 0 spiro atoms. The number of halogens is 1. The summed E-state index contributed by atoms with van der Waals surface area (Å²) in [5.74, 6) is 0.401. The molecule has 1 fully saturated rings. The van der Waals surface area contributed by atoms with Crippen LogP contribution in [0.2, 0.25) is 0 Å². The van der Waals surface area contributed by atoms with E-state index in [1.807, 2.05) is 13.8 Å². The molecule has 13 heavy (non-hydrogen) atoms. The number of nitrogens with one attached hydrogen (secondary N) is 2. The molecule has 0 aromatic heterocycles. The molecule has 1 unspecified atom stereocenters. The average molecular weight is 207 g/mol. The molecule has 0 bridgehead atoms. The Bertz CT molecular complexity index is 156. The Balaban J connectivity index is 0.00000144. The maximum absolute atomic E-state index is 11.5. The highest BCUT2D eigenvalue weighted by atomic mass is 35.5. The van der Waals surface area contributed by atoms with Crippen molar-refractivity contribution < 1.29 is 4.79 Å². The molecular weight excluding hydrogens is 188 g/mol. The lowest BCUT2D eigenvalue weighted by Crippen LogP contribution is -2.42. The van der Waals surface area contributed by atoms with E-state index in [1.165, 1.54) is 0 Å². The Morgan fingerprint density at radius 1 is 1.54 bits per heavy atom. The van der Waals surface area contributed by atoms with Crippen LogP contribution in [0.3, 0.4) is 0 Å². The van der Waals surface area contributed by atoms with E-state index in [-0.39, 0.29) is 30.3 Å². The van der Waals surface area contributed by atoms with Crippen molar-refractivity contribution in [2.24, 2.45) is 5.92 Å². The van der Waals surface area contributed by atoms with E-state index in [1.54, 1.807) is 0 Å². The fraction of sp³-hybridized carbons (Fsp3) is 0.889. The van der Waals surface area contributed by atoms with Crippen LogP contribution in [0.4, 0.5) is 0 Å². The lowest BCUT2D eigenvalue weighted by molar-refractivity contribution is -0.125. The van der Waals surface area contributed by atoms with E-state index >= 15 is 0 Å². The van der Waals surface area contributed by atoms with Crippen molar-refractivity contribution >= 4 is 18.3 Å². The van der Waals surface area contributed by atoms with E-state index in [4.69, 9.17) is 0 Å². The molecule has 3 nitrogen and oxygen atoms in total. The third-order valence-corrected chi connectivity index (χ3v) is 2.10. The Hall–Kier alpha value is -0.280. The van der Waals surface area contributed by atoms with E-state index in [0.717, 1.165) is 25.9 Å². The Kier molecular flexibility index (Phi) is 6.08. The van der Waals surface area contributed by atoms with Gasteiger partial charge in [-0.05, 0) is 33.2 Å². The van der Waals surface area contributed by atoms with Gasteiger partial charge in [0.1, 0.15) is 0 Å². The molecular formula is C9H19ClN2O. The minimum Gasteiger partial charge on any atom is -0.354 e. The maximum Gasteiger partial charge on any atom is 0.224 e. The van der Waals surface area contributed by atoms with Gasteiger partial charge in [-0.25, -0.2) is 0 Å². The topological polar surface area (TPSA) is 41.1 Å². The SMILES string of the molecule is CC(C)NC(=O)C1CCCNC1.Cl. The van der Waals surface area contributed by atoms with Crippen LogP contribution in [0.5, 0.6) is 0 Å². The summed E-state index contributed by atoms with van der Waals surface area (Å²) in [4.78, 5) is 11.5. The molecule has 1 saturated heterocycles. The van der Waals surface area contributed by atoms with Crippen LogP contribution < -0.4 is 10.6 Å². The number of hydrogen-bond acceptors (Lipinski definition) is 2. The molecule has 0 aromatic carbocycles. The molecule has 0 radical (unpaired) electrons. The van der Waals surface area contributed by atoms with Crippen LogP contribution in [0, 0.1) is 5.92 Å². The summed E-state index contributed by atoms with van der Waals surface area (Å²) in [5.41, 5.74) is 0. The number of amides is 1. The molecule has 1 atom stereocenters. The molecule has 1 amide bonds. The average Bonchev–Trinajstić information content (AvgIpc) is 2.05. The Morgan fingerprint density at radius 2 is 2.23 bits per heavy atom. The predicted octanol–water partition coefficient (Wildman–Crippen LogP) is 0.932. The first kappa shape index (κ1) is 12.7. The first-order chi connectivity index (χ1) is 5.70. The van der Waals surface area contributed by atoms with Gasteiger partial charge in [0.2, 0.25) is 5.91 Å². The smallest absolute Gasteiger partial charge is 0.224 e. The number of carbonyl (C=O) groups excluding carboxylic acids is 1. The summed E-state index contributed by atoms with van der Waals surface area (Å²) in [6, 6.07) is 0.263. The number of carbonyl (C=O) groups is 1. The fourth-order valence-electron chi connectivity index (χ4n) is 1.48. The first-order valence-electron chi connectivity index (χ1n) is 4.71. The highest BCUT2D eigenvalue weighted by molar-refractivity contribution is 5.85. The summed E-state index contributed by atoms with van der Waals surface area (Å²) in [6.07, 6.45) is 2.15. The largest absolute Gasteiger partial charge is 0.354 e. The Morgan fingerprint density at radius 3 is 2.69 bits per heavy atom. The van der Waals surface area contributed by atoms with Gasteiger partial charge in [0.15, 0.2) is 0 Å². The molecule has 0 saturated carbocycles. The molecule has 0 aromatic rings. The quantitative estimate of drug-likeness (QED) is 0.706. The van der Waals surface area contributed by atoms with Crippen LogP contribution in [0.15, 0.2) is 0 Å². The van der Waals surface area contributed by atoms with Gasteiger partial charge in [-0.2, -0.15) is 0 Å². The molecule has 1 heterocycles. The molecule has 4 heteroatoms. The maximum atomic E-state index is 11.5. The lowest BCUT2D eigenvalue weighted by Gasteiger charge is -2.22. The van der Waals surface area contributed by atoms with Crippen molar-refractivity contribution in [2.45, 2.75) is 32.7 Å². The zero-order chi connectivity index (χ0) is 8.97.